The first-order valence-electron chi connectivity index (χ1n) is 7.05. The number of morpholine rings is 1. The van der Waals surface area contributed by atoms with E-state index in [9.17, 15) is 0 Å². The maximum atomic E-state index is 6.07. The van der Waals surface area contributed by atoms with Gasteiger partial charge in [-0.15, -0.1) is 0 Å². The van der Waals surface area contributed by atoms with Crippen LogP contribution in [0.2, 0.25) is 0 Å². The van der Waals surface area contributed by atoms with Gasteiger partial charge in [-0.3, -0.25) is 4.99 Å². The summed E-state index contributed by atoms with van der Waals surface area (Å²) in [7, 11) is 0. The summed E-state index contributed by atoms with van der Waals surface area (Å²) in [6.07, 6.45) is 2.37. The van der Waals surface area contributed by atoms with Crippen molar-refractivity contribution in [3.8, 4) is 0 Å². The summed E-state index contributed by atoms with van der Waals surface area (Å²) < 4.78 is 5.32. The van der Waals surface area contributed by atoms with Crippen molar-refractivity contribution < 1.29 is 4.74 Å². The van der Waals surface area contributed by atoms with E-state index in [2.05, 4.69) is 34.2 Å². The van der Waals surface area contributed by atoms with Gasteiger partial charge in [0, 0.05) is 25.6 Å². The Hall–Kier alpha value is -1.55. The van der Waals surface area contributed by atoms with Crippen LogP contribution in [0.4, 0.5) is 0 Å². The quantitative estimate of drug-likeness (QED) is 0.644. The zero-order chi connectivity index (χ0) is 13.1. The van der Waals surface area contributed by atoms with E-state index in [0.29, 0.717) is 11.9 Å². The van der Waals surface area contributed by atoms with Crippen LogP contribution in [0.1, 0.15) is 23.5 Å². The molecule has 0 spiro atoms. The van der Waals surface area contributed by atoms with Gasteiger partial charge in [0.15, 0.2) is 5.96 Å². The van der Waals surface area contributed by atoms with Crippen molar-refractivity contribution in [2.75, 3.05) is 32.8 Å². The van der Waals surface area contributed by atoms with Crippen LogP contribution in [0.3, 0.4) is 0 Å². The SMILES string of the molecule is NC(=NC[C@H]1CCc2ccccc21)N1CCOCC1. The molecule has 2 aliphatic rings. The Bertz CT molecular complexity index is 466. The number of nitrogens with two attached hydrogens (primary N) is 1. The number of benzene rings is 1. The number of hydrogen-bond acceptors (Lipinski definition) is 2. The van der Waals surface area contributed by atoms with Gasteiger partial charge >= 0.3 is 0 Å². The van der Waals surface area contributed by atoms with Crippen molar-refractivity contribution in [2.45, 2.75) is 18.8 Å². The Morgan fingerprint density at radius 1 is 1.32 bits per heavy atom. The highest BCUT2D eigenvalue weighted by atomic mass is 16.5. The van der Waals surface area contributed by atoms with Crippen LogP contribution in [0.15, 0.2) is 29.3 Å². The smallest absolute Gasteiger partial charge is 0.191 e. The van der Waals surface area contributed by atoms with Crippen molar-refractivity contribution >= 4 is 5.96 Å². The molecule has 0 aromatic heterocycles. The molecule has 102 valence electrons. The van der Waals surface area contributed by atoms with E-state index in [4.69, 9.17) is 10.5 Å². The molecule has 0 amide bonds. The molecule has 0 bridgehead atoms. The topological polar surface area (TPSA) is 50.8 Å². The highest BCUT2D eigenvalue weighted by molar-refractivity contribution is 5.78. The van der Waals surface area contributed by atoms with E-state index in [1.165, 1.54) is 24.0 Å². The largest absolute Gasteiger partial charge is 0.378 e. The van der Waals surface area contributed by atoms with Gasteiger partial charge in [-0.2, -0.15) is 0 Å². The van der Waals surface area contributed by atoms with Crippen LogP contribution < -0.4 is 5.73 Å². The normalized spacial score (nSPS) is 23.5. The summed E-state index contributed by atoms with van der Waals surface area (Å²) >= 11 is 0. The lowest BCUT2D eigenvalue weighted by molar-refractivity contribution is 0.0674. The highest BCUT2D eigenvalue weighted by Crippen LogP contribution is 2.32. The van der Waals surface area contributed by atoms with Crippen LogP contribution in [0.5, 0.6) is 0 Å². The lowest BCUT2D eigenvalue weighted by atomic mass is 10.0. The van der Waals surface area contributed by atoms with Crippen LogP contribution in [-0.4, -0.2) is 43.7 Å². The van der Waals surface area contributed by atoms with Gasteiger partial charge in [0.05, 0.1) is 13.2 Å². The molecule has 0 unspecified atom stereocenters. The summed E-state index contributed by atoms with van der Waals surface area (Å²) in [6.45, 7) is 4.03. The number of aryl methyl sites for hydroxylation is 1. The van der Waals surface area contributed by atoms with Gasteiger partial charge in [-0.05, 0) is 24.0 Å². The van der Waals surface area contributed by atoms with Gasteiger partial charge in [0.25, 0.3) is 0 Å². The van der Waals surface area contributed by atoms with Crippen LogP contribution in [-0.2, 0) is 11.2 Å². The Morgan fingerprint density at radius 2 is 2.11 bits per heavy atom. The Kier molecular flexibility index (Phi) is 3.69. The molecule has 1 fully saturated rings. The van der Waals surface area contributed by atoms with E-state index in [-0.39, 0.29) is 0 Å². The molecule has 2 N–H and O–H groups in total. The second-order valence-electron chi connectivity index (χ2n) is 5.23. The Morgan fingerprint density at radius 3 is 2.95 bits per heavy atom. The molecule has 1 saturated heterocycles. The predicted molar refractivity (Wildman–Crippen MR) is 76.4 cm³/mol. The summed E-state index contributed by atoms with van der Waals surface area (Å²) in [6, 6.07) is 8.69. The third-order valence-electron chi connectivity index (χ3n) is 4.07. The minimum Gasteiger partial charge on any atom is -0.378 e. The number of aliphatic imine (C=N–C) groups is 1. The molecule has 1 atom stereocenters. The number of rotatable bonds is 2. The maximum absolute atomic E-state index is 6.07. The molecule has 1 aliphatic heterocycles. The minimum atomic E-state index is 0.538. The lowest BCUT2D eigenvalue weighted by Crippen LogP contribution is -2.45. The molecule has 3 rings (SSSR count). The summed E-state index contributed by atoms with van der Waals surface area (Å²) in [5, 5.41) is 0. The first-order valence-corrected chi connectivity index (χ1v) is 7.05. The van der Waals surface area contributed by atoms with E-state index in [0.717, 1.165) is 32.8 Å². The fraction of sp³-hybridized carbons (Fsp3) is 0.533. The number of nitrogens with zero attached hydrogens (tertiary/aromatic N) is 2. The first kappa shape index (κ1) is 12.5. The number of ether oxygens (including phenoxy) is 1. The molecule has 4 nitrogen and oxygen atoms in total. The third kappa shape index (κ3) is 2.73. The van der Waals surface area contributed by atoms with Gasteiger partial charge in [0.1, 0.15) is 0 Å². The van der Waals surface area contributed by atoms with Gasteiger partial charge in [-0.25, -0.2) is 0 Å². The average Bonchev–Trinajstić information content (AvgIpc) is 2.89. The maximum Gasteiger partial charge on any atom is 0.191 e. The van der Waals surface area contributed by atoms with Crippen LogP contribution in [0, 0.1) is 0 Å². The molecular weight excluding hydrogens is 238 g/mol. The molecule has 1 heterocycles. The summed E-state index contributed by atoms with van der Waals surface area (Å²) in [4.78, 5) is 6.71. The van der Waals surface area contributed by atoms with Crippen molar-refractivity contribution in [3.63, 3.8) is 0 Å². The molecular formula is C15H21N3O. The zero-order valence-electron chi connectivity index (χ0n) is 11.2. The van der Waals surface area contributed by atoms with Crippen LogP contribution >= 0.6 is 0 Å². The molecule has 0 radical (unpaired) electrons. The van der Waals surface area contributed by atoms with E-state index < -0.39 is 0 Å². The average molecular weight is 259 g/mol. The summed E-state index contributed by atoms with van der Waals surface area (Å²) in [5.41, 5.74) is 9.01. The van der Waals surface area contributed by atoms with E-state index in [1.54, 1.807) is 0 Å². The van der Waals surface area contributed by atoms with Crippen molar-refractivity contribution in [1.82, 2.24) is 4.90 Å². The second-order valence-corrected chi connectivity index (χ2v) is 5.23. The standard InChI is InChI=1S/C15H21N3O/c16-15(18-7-9-19-10-8-18)17-11-13-6-5-12-3-1-2-4-14(12)13/h1-4,13H,5-11H2,(H2,16,17)/t13-/m1/s1. The Balaban J connectivity index is 1.63. The van der Waals surface area contributed by atoms with Gasteiger partial charge in [0.2, 0.25) is 0 Å². The van der Waals surface area contributed by atoms with Gasteiger partial charge < -0.3 is 15.4 Å². The minimum absolute atomic E-state index is 0.538. The molecule has 4 heteroatoms. The molecule has 1 aliphatic carbocycles. The number of hydrogen-bond donors (Lipinski definition) is 1. The van der Waals surface area contributed by atoms with Crippen LogP contribution in [0.25, 0.3) is 0 Å². The Labute approximate surface area is 114 Å². The van der Waals surface area contributed by atoms with E-state index >= 15 is 0 Å². The predicted octanol–water partition coefficient (Wildman–Crippen LogP) is 1.36. The second kappa shape index (κ2) is 5.61. The third-order valence-corrected chi connectivity index (χ3v) is 4.07. The molecule has 1 aromatic rings. The zero-order valence-corrected chi connectivity index (χ0v) is 11.2. The summed E-state index contributed by atoms with van der Waals surface area (Å²) in [5.74, 6) is 1.21. The van der Waals surface area contributed by atoms with Gasteiger partial charge in [-0.1, -0.05) is 24.3 Å². The fourth-order valence-corrected chi connectivity index (χ4v) is 2.93. The molecule has 0 saturated carbocycles. The molecule has 19 heavy (non-hydrogen) atoms. The van der Waals surface area contributed by atoms with Crippen molar-refractivity contribution in [2.24, 2.45) is 10.7 Å². The first-order chi connectivity index (χ1) is 9.34. The number of guanidine groups is 1. The fourth-order valence-electron chi connectivity index (χ4n) is 2.93. The number of fused-ring (bicyclic) bond motifs is 1. The monoisotopic (exact) mass is 259 g/mol. The van der Waals surface area contributed by atoms with E-state index in [1.807, 2.05) is 0 Å². The van der Waals surface area contributed by atoms with Crippen molar-refractivity contribution in [1.29, 1.82) is 0 Å². The molecule has 1 aromatic carbocycles. The highest BCUT2D eigenvalue weighted by Gasteiger charge is 2.22. The van der Waals surface area contributed by atoms with Crippen molar-refractivity contribution in [3.05, 3.63) is 35.4 Å². The lowest BCUT2D eigenvalue weighted by Gasteiger charge is -2.27.